The van der Waals surface area contributed by atoms with Gasteiger partial charge in [0.25, 0.3) is 5.91 Å². The van der Waals surface area contributed by atoms with E-state index in [1.807, 2.05) is 0 Å². The maximum Gasteiger partial charge on any atom is 0.291 e. The first-order valence-corrected chi connectivity index (χ1v) is 6.15. The molecule has 0 saturated carbocycles. The Kier molecular flexibility index (Phi) is 4.45. The number of ether oxygens (including phenoxy) is 1. The molecule has 7 nitrogen and oxygen atoms in total. The third-order valence-corrected chi connectivity index (χ3v) is 2.71. The zero-order chi connectivity index (χ0) is 15.2. The fraction of sp³-hybridized carbons (Fsp3) is 0.143. The number of amides is 1. The van der Waals surface area contributed by atoms with Crippen LogP contribution < -0.4 is 15.8 Å². The van der Waals surface area contributed by atoms with Gasteiger partial charge in [-0.2, -0.15) is 0 Å². The third-order valence-electron chi connectivity index (χ3n) is 2.71. The number of amidine groups is 1. The van der Waals surface area contributed by atoms with E-state index in [0.717, 1.165) is 5.56 Å². The Bertz CT molecular complexity index is 664. The second-order valence-electron chi connectivity index (χ2n) is 4.26. The average Bonchev–Trinajstić information content (AvgIpc) is 2.92. The lowest BCUT2D eigenvalue weighted by atomic mass is 10.2. The molecule has 0 saturated heterocycles. The minimum Gasteiger partial charge on any atom is -0.483 e. The molecule has 2 aromatic rings. The molecule has 0 fully saturated rings. The number of benzene rings is 1. The number of nitrogens with zero attached hydrogens (tertiary/aromatic N) is 1. The molecular weight excluding hydrogens is 274 g/mol. The highest BCUT2D eigenvalue weighted by Gasteiger charge is 2.14. The van der Waals surface area contributed by atoms with Gasteiger partial charge in [0.1, 0.15) is 12.4 Å². The minimum absolute atomic E-state index is 0.0713. The van der Waals surface area contributed by atoms with Gasteiger partial charge in [-0.25, -0.2) is 0 Å². The quantitative estimate of drug-likeness (QED) is 0.337. The van der Waals surface area contributed by atoms with E-state index in [4.69, 9.17) is 20.1 Å². The first-order valence-electron chi connectivity index (χ1n) is 6.15. The summed E-state index contributed by atoms with van der Waals surface area (Å²) < 4.78 is 10.5. The normalized spacial score (nSPS) is 11.2. The Hall–Kier alpha value is -2.96. The van der Waals surface area contributed by atoms with Crippen molar-refractivity contribution in [3.8, 4) is 5.75 Å². The molecule has 7 heteroatoms. The van der Waals surface area contributed by atoms with Gasteiger partial charge in [0.2, 0.25) is 0 Å². The first kappa shape index (κ1) is 14.4. The predicted octanol–water partition coefficient (Wildman–Crippen LogP) is 1.97. The van der Waals surface area contributed by atoms with Gasteiger partial charge in [0, 0.05) is 5.56 Å². The highest BCUT2D eigenvalue weighted by molar-refractivity contribution is 6.04. The molecule has 0 bridgehead atoms. The molecule has 0 aliphatic carbocycles. The summed E-state index contributed by atoms with van der Waals surface area (Å²) in [6.07, 6.45) is 1.45. The van der Waals surface area contributed by atoms with Crippen molar-refractivity contribution in [2.75, 3.05) is 11.9 Å². The van der Waals surface area contributed by atoms with Crippen LogP contribution in [0.1, 0.15) is 16.1 Å². The van der Waals surface area contributed by atoms with Crippen LogP contribution in [0.25, 0.3) is 0 Å². The van der Waals surface area contributed by atoms with Gasteiger partial charge in [-0.15, -0.1) is 0 Å². The number of aryl methyl sites for hydroxylation is 1. The van der Waals surface area contributed by atoms with E-state index < -0.39 is 0 Å². The number of anilines is 1. The van der Waals surface area contributed by atoms with Gasteiger partial charge in [-0.3, -0.25) is 4.79 Å². The largest absolute Gasteiger partial charge is 0.483 e. The van der Waals surface area contributed by atoms with Crippen molar-refractivity contribution in [3.05, 3.63) is 47.9 Å². The fourth-order valence-corrected chi connectivity index (χ4v) is 1.66. The molecule has 21 heavy (non-hydrogen) atoms. The highest BCUT2D eigenvalue weighted by atomic mass is 16.5. The lowest BCUT2D eigenvalue weighted by Gasteiger charge is -2.11. The zero-order valence-corrected chi connectivity index (χ0v) is 11.4. The Morgan fingerprint density at radius 2 is 2.19 bits per heavy atom. The molecule has 110 valence electrons. The van der Waals surface area contributed by atoms with E-state index in [0.29, 0.717) is 11.4 Å². The number of oxime groups is 1. The summed E-state index contributed by atoms with van der Waals surface area (Å²) in [5.41, 5.74) is 6.54. The lowest BCUT2D eigenvalue weighted by molar-refractivity contribution is 0.0995. The zero-order valence-electron chi connectivity index (χ0n) is 11.4. The van der Waals surface area contributed by atoms with E-state index in [1.54, 1.807) is 37.3 Å². The van der Waals surface area contributed by atoms with Crippen LogP contribution in [0.15, 0.2) is 46.2 Å². The van der Waals surface area contributed by atoms with Crippen molar-refractivity contribution < 1.29 is 19.2 Å². The van der Waals surface area contributed by atoms with E-state index >= 15 is 0 Å². The molecule has 1 amide bonds. The Morgan fingerprint density at radius 1 is 1.43 bits per heavy atom. The van der Waals surface area contributed by atoms with Crippen molar-refractivity contribution in [2.24, 2.45) is 10.9 Å². The molecule has 2 rings (SSSR count). The number of nitrogens with one attached hydrogen (secondary N) is 1. The smallest absolute Gasteiger partial charge is 0.291 e. The maximum atomic E-state index is 12.1. The summed E-state index contributed by atoms with van der Waals surface area (Å²) in [7, 11) is 0. The van der Waals surface area contributed by atoms with Crippen LogP contribution in [-0.2, 0) is 0 Å². The Balaban J connectivity index is 2.13. The number of nitrogens with two attached hydrogens (primary N) is 1. The van der Waals surface area contributed by atoms with Crippen molar-refractivity contribution in [2.45, 2.75) is 6.92 Å². The second kappa shape index (κ2) is 6.47. The maximum absolute atomic E-state index is 12.1. The summed E-state index contributed by atoms with van der Waals surface area (Å²) in [4.78, 5) is 12.1. The molecule has 0 spiro atoms. The van der Waals surface area contributed by atoms with E-state index in [1.165, 1.54) is 6.26 Å². The monoisotopic (exact) mass is 289 g/mol. The second-order valence-corrected chi connectivity index (χ2v) is 4.26. The minimum atomic E-state index is -0.377. The van der Waals surface area contributed by atoms with Crippen LogP contribution in [-0.4, -0.2) is 23.6 Å². The van der Waals surface area contributed by atoms with Crippen LogP contribution in [0.5, 0.6) is 5.75 Å². The van der Waals surface area contributed by atoms with E-state index in [2.05, 4.69) is 10.5 Å². The van der Waals surface area contributed by atoms with Gasteiger partial charge in [0.05, 0.1) is 12.0 Å². The van der Waals surface area contributed by atoms with E-state index in [9.17, 15) is 4.79 Å². The number of hydrogen-bond donors (Lipinski definition) is 3. The Morgan fingerprint density at radius 3 is 2.86 bits per heavy atom. The number of carbonyl (C=O) groups is 1. The summed E-state index contributed by atoms with van der Waals surface area (Å²) in [5.74, 6) is 0.193. The summed E-state index contributed by atoms with van der Waals surface area (Å²) >= 11 is 0. The van der Waals surface area contributed by atoms with Crippen LogP contribution in [0, 0.1) is 6.92 Å². The summed E-state index contributed by atoms with van der Waals surface area (Å²) in [6, 6.07) is 8.54. The Labute approximate surface area is 121 Å². The lowest BCUT2D eigenvalue weighted by Crippen LogP contribution is -2.21. The van der Waals surface area contributed by atoms with Gasteiger partial charge in [-0.1, -0.05) is 17.3 Å². The predicted molar refractivity (Wildman–Crippen MR) is 76.7 cm³/mol. The number of carbonyl (C=O) groups excluding carboxylic acids is 1. The fourth-order valence-electron chi connectivity index (χ4n) is 1.66. The first-order chi connectivity index (χ1) is 10.1. The van der Waals surface area contributed by atoms with Crippen LogP contribution >= 0.6 is 0 Å². The van der Waals surface area contributed by atoms with Crippen LogP contribution in [0.2, 0.25) is 0 Å². The van der Waals surface area contributed by atoms with Gasteiger partial charge < -0.3 is 25.4 Å². The molecular formula is C14H15N3O4. The topological polar surface area (TPSA) is 110 Å². The third kappa shape index (κ3) is 3.53. The van der Waals surface area contributed by atoms with Crippen LogP contribution in [0.3, 0.4) is 0 Å². The molecule has 0 unspecified atom stereocenters. The molecule has 1 aromatic carbocycles. The number of hydrogen-bond acceptors (Lipinski definition) is 5. The van der Waals surface area contributed by atoms with Crippen molar-refractivity contribution in [1.82, 2.24) is 0 Å². The molecule has 1 aromatic heterocycles. The summed E-state index contributed by atoms with van der Waals surface area (Å²) in [5, 5.41) is 14.0. The van der Waals surface area contributed by atoms with Gasteiger partial charge in [0.15, 0.2) is 11.6 Å². The molecule has 0 radical (unpaired) electrons. The average molecular weight is 289 g/mol. The molecule has 0 aliphatic heterocycles. The van der Waals surface area contributed by atoms with Crippen molar-refractivity contribution in [3.63, 3.8) is 0 Å². The van der Waals surface area contributed by atoms with Crippen molar-refractivity contribution >= 4 is 17.4 Å². The highest BCUT2D eigenvalue weighted by Crippen LogP contribution is 2.24. The molecule has 4 N–H and O–H groups in total. The van der Waals surface area contributed by atoms with Crippen LogP contribution in [0.4, 0.5) is 5.69 Å². The number of para-hydroxylation sites is 2. The number of rotatable bonds is 5. The summed E-state index contributed by atoms with van der Waals surface area (Å²) in [6.45, 7) is 1.68. The SMILES string of the molecule is Cc1ccoc1C(=O)Nc1ccccc1OC/C(N)=N/O. The van der Waals surface area contributed by atoms with E-state index in [-0.39, 0.29) is 24.1 Å². The molecule has 0 atom stereocenters. The standard InChI is InChI=1S/C14H15N3O4/c1-9-6-7-20-13(9)14(18)16-10-4-2-3-5-11(10)21-8-12(15)17-19/h2-7,19H,8H2,1H3,(H2,15,17)(H,16,18). The molecule has 0 aliphatic rings. The van der Waals surface area contributed by atoms with Gasteiger partial charge in [-0.05, 0) is 25.1 Å². The molecule has 1 heterocycles. The van der Waals surface area contributed by atoms with Crippen molar-refractivity contribution in [1.29, 1.82) is 0 Å². The number of furan rings is 1. The van der Waals surface area contributed by atoms with Gasteiger partial charge >= 0.3 is 0 Å².